The van der Waals surface area contributed by atoms with Gasteiger partial charge in [-0.2, -0.15) is 0 Å². The SMILES string of the molecule is C[C@@H](c1cccs1)N(Cc1ccco1)C(=S)Nc1ccccc1Cl. The molecule has 6 heteroatoms. The maximum absolute atomic E-state index is 6.24. The molecule has 0 amide bonds. The number of hydrogen-bond acceptors (Lipinski definition) is 3. The fraction of sp³-hybridized carbons (Fsp3) is 0.167. The van der Waals surface area contributed by atoms with Crippen molar-refractivity contribution >= 4 is 46.0 Å². The van der Waals surface area contributed by atoms with Gasteiger partial charge in [0.05, 0.1) is 29.6 Å². The summed E-state index contributed by atoms with van der Waals surface area (Å²) < 4.78 is 5.50. The molecule has 0 radical (unpaired) electrons. The van der Waals surface area contributed by atoms with Crippen LogP contribution < -0.4 is 5.32 Å². The van der Waals surface area contributed by atoms with Gasteiger partial charge in [-0.1, -0.05) is 29.8 Å². The molecule has 0 aliphatic heterocycles. The van der Waals surface area contributed by atoms with Crippen molar-refractivity contribution in [3.63, 3.8) is 0 Å². The van der Waals surface area contributed by atoms with Gasteiger partial charge in [0.2, 0.25) is 0 Å². The van der Waals surface area contributed by atoms with E-state index < -0.39 is 0 Å². The number of rotatable bonds is 5. The first kappa shape index (κ1) is 17.0. The van der Waals surface area contributed by atoms with Crippen molar-refractivity contribution in [2.24, 2.45) is 0 Å². The Balaban J connectivity index is 1.83. The Labute approximate surface area is 155 Å². The van der Waals surface area contributed by atoms with Crippen LogP contribution >= 0.6 is 35.2 Å². The third-order valence-corrected chi connectivity index (χ3v) is 5.41. The molecule has 0 unspecified atom stereocenters. The number of para-hydroxylation sites is 1. The highest BCUT2D eigenvalue weighted by Gasteiger charge is 2.21. The van der Waals surface area contributed by atoms with Crippen LogP contribution in [-0.4, -0.2) is 10.0 Å². The van der Waals surface area contributed by atoms with Crippen LogP contribution in [0.15, 0.2) is 64.6 Å². The maximum Gasteiger partial charge on any atom is 0.174 e. The molecule has 24 heavy (non-hydrogen) atoms. The standard InChI is InChI=1S/C18H17ClN2OS2/c1-13(17-9-5-11-24-17)21(12-14-6-4-10-22-14)18(23)20-16-8-3-2-7-15(16)19/h2-11,13H,12H2,1H3,(H,20,23)/t13-/m0/s1. The number of halogens is 1. The first-order valence-corrected chi connectivity index (χ1v) is 9.19. The van der Waals surface area contributed by atoms with Crippen molar-refractivity contribution in [3.8, 4) is 0 Å². The van der Waals surface area contributed by atoms with Gasteiger partial charge in [-0.05, 0) is 54.9 Å². The van der Waals surface area contributed by atoms with Gasteiger partial charge in [0.15, 0.2) is 5.11 Å². The molecule has 2 heterocycles. The number of nitrogens with zero attached hydrogens (tertiary/aromatic N) is 1. The second-order valence-electron chi connectivity index (χ2n) is 5.31. The summed E-state index contributed by atoms with van der Waals surface area (Å²) in [5.41, 5.74) is 0.798. The van der Waals surface area contributed by atoms with Gasteiger partial charge in [0.25, 0.3) is 0 Å². The Kier molecular flexibility index (Phi) is 5.56. The summed E-state index contributed by atoms with van der Waals surface area (Å²) in [6.45, 7) is 2.72. The smallest absolute Gasteiger partial charge is 0.174 e. The van der Waals surface area contributed by atoms with E-state index in [4.69, 9.17) is 28.2 Å². The van der Waals surface area contributed by atoms with Gasteiger partial charge < -0.3 is 14.6 Å². The number of hydrogen-bond donors (Lipinski definition) is 1. The Morgan fingerprint density at radius 3 is 2.75 bits per heavy atom. The van der Waals surface area contributed by atoms with Crippen LogP contribution in [0.4, 0.5) is 5.69 Å². The molecule has 0 aliphatic rings. The number of furan rings is 1. The normalized spacial score (nSPS) is 11.9. The van der Waals surface area contributed by atoms with E-state index in [1.807, 2.05) is 42.5 Å². The number of thiocarbonyl (C=S) groups is 1. The fourth-order valence-electron chi connectivity index (χ4n) is 2.39. The molecule has 0 saturated heterocycles. The van der Waals surface area contributed by atoms with Gasteiger partial charge in [-0.15, -0.1) is 11.3 Å². The lowest BCUT2D eigenvalue weighted by Gasteiger charge is -2.30. The number of thiophene rings is 1. The van der Waals surface area contributed by atoms with Gasteiger partial charge in [0, 0.05) is 4.88 Å². The highest BCUT2D eigenvalue weighted by Crippen LogP contribution is 2.28. The molecule has 3 nitrogen and oxygen atoms in total. The van der Waals surface area contributed by atoms with Crippen LogP contribution in [0.1, 0.15) is 23.6 Å². The molecule has 1 aromatic carbocycles. The zero-order chi connectivity index (χ0) is 16.9. The summed E-state index contributed by atoms with van der Waals surface area (Å²) in [7, 11) is 0. The van der Waals surface area contributed by atoms with E-state index in [2.05, 4.69) is 28.6 Å². The molecule has 124 valence electrons. The quantitative estimate of drug-likeness (QED) is 0.556. The van der Waals surface area contributed by atoms with E-state index in [0.717, 1.165) is 11.4 Å². The second kappa shape index (κ2) is 7.83. The van der Waals surface area contributed by atoms with E-state index in [1.165, 1.54) is 4.88 Å². The third kappa shape index (κ3) is 3.98. The molecular weight excluding hydrogens is 360 g/mol. The lowest BCUT2D eigenvalue weighted by Crippen LogP contribution is -2.36. The van der Waals surface area contributed by atoms with Crippen LogP contribution in [0.3, 0.4) is 0 Å². The summed E-state index contributed by atoms with van der Waals surface area (Å²) in [4.78, 5) is 3.34. The van der Waals surface area contributed by atoms with E-state index in [-0.39, 0.29) is 6.04 Å². The van der Waals surface area contributed by atoms with E-state index in [0.29, 0.717) is 16.7 Å². The summed E-state index contributed by atoms with van der Waals surface area (Å²) in [6, 6.07) is 15.7. The van der Waals surface area contributed by atoms with Crippen LogP contribution in [0, 0.1) is 0 Å². The van der Waals surface area contributed by atoms with Gasteiger partial charge in [-0.3, -0.25) is 0 Å². The van der Waals surface area contributed by atoms with Gasteiger partial charge in [0.1, 0.15) is 5.76 Å². The molecule has 3 rings (SSSR count). The molecule has 0 fully saturated rings. The predicted octanol–water partition coefficient (Wildman–Crippen LogP) is 5.95. The van der Waals surface area contributed by atoms with E-state index in [9.17, 15) is 0 Å². The molecule has 1 atom stereocenters. The van der Waals surface area contributed by atoms with Crippen LogP contribution in [0.25, 0.3) is 0 Å². The first-order valence-electron chi connectivity index (χ1n) is 7.53. The Bertz CT molecular complexity index is 787. The minimum atomic E-state index is 0.123. The molecular formula is C18H17ClN2OS2. The van der Waals surface area contributed by atoms with Gasteiger partial charge in [-0.25, -0.2) is 0 Å². The van der Waals surface area contributed by atoms with Crippen LogP contribution in [-0.2, 0) is 6.54 Å². The van der Waals surface area contributed by atoms with Crippen molar-refractivity contribution in [1.29, 1.82) is 0 Å². The average molecular weight is 377 g/mol. The summed E-state index contributed by atoms with van der Waals surface area (Å²) in [5.74, 6) is 0.863. The lowest BCUT2D eigenvalue weighted by atomic mass is 10.2. The van der Waals surface area contributed by atoms with E-state index >= 15 is 0 Å². The maximum atomic E-state index is 6.24. The summed E-state index contributed by atoms with van der Waals surface area (Å²) in [5, 5.41) is 6.58. The van der Waals surface area contributed by atoms with Crippen molar-refractivity contribution in [2.75, 3.05) is 5.32 Å². The van der Waals surface area contributed by atoms with Crippen LogP contribution in [0.5, 0.6) is 0 Å². The average Bonchev–Trinajstić information content (AvgIpc) is 3.27. The molecule has 0 aliphatic carbocycles. The molecule has 0 bridgehead atoms. The predicted molar refractivity (Wildman–Crippen MR) is 105 cm³/mol. The first-order chi connectivity index (χ1) is 11.6. The highest BCUT2D eigenvalue weighted by molar-refractivity contribution is 7.80. The molecule has 0 spiro atoms. The summed E-state index contributed by atoms with van der Waals surface area (Å²) in [6.07, 6.45) is 1.67. The molecule has 1 N–H and O–H groups in total. The molecule has 0 saturated carbocycles. The minimum absolute atomic E-state index is 0.123. The Hall–Kier alpha value is -1.82. The Morgan fingerprint density at radius 2 is 2.08 bits per heavy atom. The van der Waals surface area contributed by atoms with Crippen molar-refractivity contribution in [2.45, 2.75) is 19.5 Å². The lowest BCUT2D eigenvalue weighted by molar-refractivity contribution is 0.306. The summed E-state index contributed by atoms with van der Waals surface area (Å²) >= 11 is 13.6. The fourth-order valence-corrected chi connectivity index (χ4v) is 3.70. The highest BCUT2D eigenvalue weighted by atomic mass is 35.5. The van der Waals surface area contributed by atoms with Crippen molar-refractivity contribution < 1.29 is 4.42 Å². The molecule has 3 aromatic rings. The molecule has 2 aromatic heterocycles. The largest absolute Gasteiger partial charge is 0.467 e. The van der Waals surface area contributed by atoms with Gasteiger partial charge >= 0.3 is 0 Å². The zero-order valence-electron chi connectivity index (χ0n) is 13.1. The van der Waals surface area contributed by atoms with E-state index in [1.54, 1.807) is 17.6 Å². The minimum Gasteiger partial charge on any atom is -0.467 e. The zero-order valence-corrected chi connectivity index (χ0v) is 15.5. The third-order valence-electron chi connectivity index (χ3n) is 3.71. The Morgan fingerprint density at radius 1 is 1.25 bits per heavy atom. The second-order valence-corrected chi connectivity index (χ2v) is 7.08. The van der Waals surface area contributed by atoms with Crippen LogP contribution in [0.2, 0.25) is 5.02 Å². The number of benzene rings is 1. The van der Waals surface area contributed by atoms with Crippen molar-refractivity contribution in [1.82, 2.24) is 4.90 Å². The topological polar surface area (TPSA) is 28.4 Å². The number of nitrogens with one attached hydrogen (secondary N) is 1. The monoisotopic (exact) mass is 376 g/mol. The van der Waals surface area contributed by atoms with Crippen molar-refractivity contribution in [3.05, 3.63) is 75.8 Å². The number of anilines is 1.